The molecule has 3 aromatic carbocycles. The number of hydrogen-bond donors (Lipinski definition) is 0. The maximum absolute atomic E-state index is 12.2. The fourth-order valence-electron chi connectivity index (χ4n) is 3.18. The third-order valence-electron chi connectivity index (χ3n) is 4.58. The van der Waals surface area contributed by atoms with Crippen LogP contribution in [0.15, 0.2) is 73.1 Å². The Morgan fingerprint density at radius 3 is 2.19 bits per heavy atom. The zero-order valence-electron chi connectivity index (χ0n) is 16.6. The van der Waals surface area contributed by atoms with Gasteiger partial charge in [-0.05, 0) is 66.6 Å². The monoisotopic (exact) mass is 424 g/mol. The van der Waals surface area contributed by atoms with Gasteiger partial charge in [0.15, 0.2) is 0 Å². The van der Waals surface area contributed by atoms with Gasteiger partial charge < -0.3 is 9.47 Å². The molecule has 0 atom stereocenters. The van der Waals surface area contributed by atoms with E-state index in [0.717, 1.165) is 33.6 Å². The predicted molar refractivity (Wildman–Crippen MR) is 114 cm³/mol. The van der Waals surface area contributed by atoms with Crippen LogP contribution in [-0.4, -0.2) is 22.5 Å². The number of ether oxygens (including phenoxy) is 2. The molecule has 1 heterocycles. The molecule has 0 radical (unpaired) electrons. The second-order valence-corrected chi connectivity index (χ2v) is 6.74. The first kappa shape index (κ1) is 20.5. The average molecular weight is 424 g/mol. The van der Waals surface area contributed by atoms with Crippen LogP contribution in [0, 0.1) is 0 Å². The zero-order chi connectivity index (χ0) is 21.8. The second kappa shape index (κ2) is 8.55. The van der Waals surface area contributed by atoms with Gasteiger partial charge in [0, 0.05) is 5.69 Å². The lowest BCUT2D eigenvalue weighted by Gasteiger charge is -2.08. The van der Waals surface area contributed by atoms with Gasteiger partial charge in [0.05, 0.1) is 17.6 Å². The number of hydrogen-bond acceptors (Lipinski definition) is 3. The molecule has 0 aliphatic carbocycles. The molecule has 1 aromatic heterocycles. The molecular formula is C24H19F3N2O2. The van der Waals surface area contributed by atoms with Crippen molar-refractivity contribution >= 4 is 23.2 Å². The molecule has 158 valence electrons. The van der Waals surface area contributed by atoms with E-state index in [1.54, 1.807) is 18.5 Å². The number of benzene rings is 3. The summed E-state index contributed by atoms with van der Waals surface area (Å²) in [5.74, 6) is 0.576. The van der Waals surface area contributed by atoms with Gasteiger partial charge in [-0.15, -0.1) is 13.2 Å². The van der Waals surface area contributed by atoms with Crippen LogP contribution in [0.25, 0.3) is 28.9 Å². The molecule has 4 rings (SSSR count). The van der Waals surface area contributed by atoms with Crippen LogP contribution in [-0.2, 0) is 0 Å². The largest absolute Gasteiger partial charge is 0.573 e. The van der Waals surface area contributed by atoms with Crippen molar-refractivity contribution in [1.29, 1.82) is 0 Å². The Bertz CT molecular complexity index is 1190. The molecule has 7 heteroatoms. The predicted octanol–water partition coefficient (Wildman–Crippen LogP) is 6.49. The van der Waals surface area contributed by atoms with E-state index in [-0.39, 0.29) is 5.75 Å². The summed E-state index contributed by atoms with van der Waals surface area (Å²) in [6.07, 6.45) is 0.783. The number of alkyl halides is 3. The molecule has 0 spiro atoms. The molecule has 0 saturated heterocycles. The van der Waals surface area contributed by atoms with E-state index in [2.05, 4.69) is 9.72 Å². The van der Waals surface area contributed by atoms with Gasteiger partial charge in [0.25, 0.3) is 0 Å². The lowest BCUT2D eigenvalue weighted by molar-refractivity contribution is -0.274. The number of nitrogens with zero attached hydrogens (tertiary/aromatic N) is 2. The normalized spacial score (nSPS) is 11.9. The summed E-state index contributed by atoms with van der Waals surface area (Å²) in [5.41, 5.74) is 4.48. The first-order valence-electron chi connectivity index (χ1n) is 9.65. The van der Waals surface area contributed by atoms with E-state index in [4.69, 9.17) is 4.74 Å². The SMILES string of the molecule is CCOc1ccc(-n2cnc3cc(C=Cc4ccc(OC(F)(F)F)cc4)ccc32)cc1. The second-order valence-electron chi connectivity index (χ2n) is 6.74. The Morgan fingerprint density at radius 1 is 0.871 bits per heavy atom. The van der Waals surface area contributed by atoms with E-state index in [1.165, 1.54) is 12.1 Å². The Morgan fingerprint density at radius 2 is 1.52 bits per heavy atom. The molecule has 4 nitrogen and oxygen atoms in total. The van der Waals surface area contributed by atoms with Crippen molar-refractivity contribution in [3.63, 3.8) is 0 Å². The Hall–Kier alpha value is -3.74. The van der Waals surface area contributed by atoms with Gasteiger partial charge in [-0.3, -0.25) is 4.57 Å². The molecule has 0 N–H and O–H groups in total. The third kappa shape index (κ3) is 5.06. The topological polar surface area (TPSA) is 36.3 Å². The van der Waals surface area contributed by atoms with Crippen LogP contribution in [0.3, 0.4) is 0 Å². The highest BCUT2D eigenvalue weighted by molar-refractivity contribution is 5.82. The molecule has 0 fully saturated rings. The molecule has 0 aliphatic heterocycles. The lowest BCUT2D eigenvalue weighted by atomic mass is 10.1. The third-order valence-corrected chi connectivity index (χ3v) is 4.58. The molecular weight excluding hydrogens is 405 g/mol. The van der Waals surface area contributed by atoms with Gasteiger partial charge in [0.2, 0.25) is 0 Å². The number of imidazole rings is 1. The lowest BCUT2D eigenvalue weighted by Crippen LogP contribution is -2.16. The molecule has 4 aromatic rings. The molecule has 0 aliphatic rings. The van der Waals surface area contributed by atoms with Crippen molar-refractivity contribution in [2.24, 2.45) is 0 Å². The van der Waals surface area contributed by atoms with E-state index in [1.807, 2.05) is 66.1 Å². The fraction of sp³-hybridized carbons (Fsp3) is 0.125. The van der Waals surface area contributed by atoms with E-state index in [0.29, 0.717) is 6.61 Å². The van der Waals surface area contributed by atoms with Crippen molar-refractivity contribution in [2.45, 2.75) is 13.3 Å². The van der Waals surface area contributed by atoms with Crippen molar-refractivity contribution < 1.29 is 22.6 Å². The first-order valence-corrected chi connectivity index (χ1v) is 9.65. The summed E-state index contributed by atoms with van der Waals surface area (Å²) in [5, 5.41) is 0. The maximum Gasteiger partial charge on any atom is 0.573 e. The smallest absolute Gasteiger partial charge is 0.494 e. The van der Waals surface area contributed by atoms with Crippen molar-refractivity contribution in [3.8, 4) is 17.2 Å². The maximum atomic E-state index is 12.2. The Balaban J connectivity index is 1.51. The number of aromatic nitrogens is 2. The highest BCUT2D eigenvalue weighted by Gasteiger charge is 2.30. The van der Waals surface area contributed by atoms with Crippen LogP contribution in [0.2, 0.25) is 0 Å². The summed E-state index contributed by atoms with van der Waals surface area (Å²) < 4.78 is 48.1. The average Bonchev–Trinajstić information content (AvgIpc) is 3.16. The number of halogens is 3. The minimum Gasteiger partial charge on any atom is -0.494 e. The van der Waals surface area contributed by atoms with Crippen molar-refractivity contribution in [1.82, 2.24) is 9.55 Å². The Labute approximate surface area is 177 Å². The van der Waals surface area contributed by atoms with Crippen LogP contribution in [0.5, 0.6) is 11.5 Å². The molecule has 31 heavy (non-hydrogen) atoms. The number of rotatable bonds is 6. The first-order chi connectivity index (χ1) is 14.9. The molecule has 0 unspecified atom stereocenters. The summed E-state index contributed by atoms with van der Waals surface area (Å²) in [6.45, 7) is 2.57. The van der Waals surface area contributed by atoms with Gasteiger partial charge in [-0.1, -0.05) is 30.4 Å². The minimum atomic E-state index is -4.69. The van der Waals surface area contributed by atoms with Gasteiger partial charge in [-0.2, -0.15) is 0 Å². The van der Waals surface area contributed by atoms with Gasteiger partial charge >= 0.3 is 6.36 Å². The molecule has 0 saturated carbocycles. The fourth-order valence-corrected chi connectivity index (χ4v) is 3.18. The zero-order valence-corrected chi connectivity index (χ0v) is 16.6. The highest BCUT2D eigenvalue weighted by Crippen LogP contribution is 2.24. The van der Waals surface area contributed by atoms with Crippen LogP contribution in [0.4, 0.5) is 13.2 Å². The summed E-state index contributed by atoms with van der Waals surface area (Å²) in [7, 11) is 0. The van der Waals surface area contributed by atoms with E-state index in [9.17, 15) is 13.2 Å². The van der Waals surface area contributed by atoms with Crippen LogP contribution in [0.1, 0.15) is 18.1 Å². The highest BCUT2D eigenvalue weighted by atomic mass is 19.4. The standard InChI is InChI=1S/C24H19F3N2O2/c1-2-30-20-12-8-19(9-13-20)29-16-28-22-15-18(7-14-23(22)29)4-3-17-5-10-21(11-6-17)31-24(25,26)27/h3-16H,2H2,1H3. The summed E-state index contributed by atoms with van der Waals surface area (Å²) in [4.78, 5) is 4.49. The summed E-state index contributed by atoms with van der Waals surface area (Å²) >= 11 is 0. The van der Waals surface area contributed by atoms with Gasteiger partial charge in [-0.25, -0.2) is 4.98 Å². The van der Waals surface area contributed by atoms with E-state index < -0.39 is 6.36 Å². The molecule has 0 amide bonds. The minimum absolute atomic E-state index is 0.245. The van der Waals surface area contributed by atoms with Crippen molar-refractivity contribution in [2.75, 3.05) is 6.61 Å². The van der Waals surface area contributed by atoms with Crippen LogP contribution >= 0.6 is 0 Å². The number of fused-ring (bicyclic) bond motifs is 1. The van der Waals surface area contributed by atoms with Gasteiger partial charge in [0.1, 0.15) is 17.8 Å². The quantitative estimate of drug-likeness (QED) is 0.332. The summed E-state index contributed by atoms with van der Waals surface area (Å²) in [6, 6.07) is 19.4. The molecule has 0 bridgehead atoms. The Kier molecular flexibility index (Phi) is 5.66. The van der Waals surface area contributed by atoms with Crippen molar-refractivity contribution in [3.05, 3.63) is 84.2 Å². The van der Waals surface area contributed by atoms with E-state index >= 15 is 0 Å². The van der Waals surface area contributed by atoms with Crippen LogP contribution < -0.4 is 9.47 Å².